The fourth-order valence-corrected chi connectivity index (χ4v) is 5.56. The second-order valence-electron chi connectivity index (χ2n) is 9.04. The third-order valence-corrected chi connectivity index (χ3v) is 7.38. The van der Waals surface area contributed by atoms with Gasteiger partial charge in [-0.15, -0.1) is 0 Å². The number of ether oxygens (including phenoxy) is 1. The van der Waals surface area contributed by atoms with Crippen LogP contribution in [0.5, 0.6) is 5.75 Å². The fraction of sp³-hybridized carbons (Fsp3) is 0.519. The van der Waals surface area contributed by atoms with E-state index in [1.165, 1.54) is 0 Å². The standard InChI is InChI=1S/C27H37ClF2NO4P/c1-3-5-8-12-21(13-9-6-4-2)20-34-27(32)26(18-22-16-23(29)19-24(30)17-22)31-36(28,33)35-25-14-10-7-11-15-25/h7,10-11,14-17,19,21,26H,3-6,8-9,12-13,18,20H2,1-2H3,(H,31,33)/t26-,36?/m0/s1. The molecule has 36 heavy (non-hydrogen) atoms. The lowest BCUT2D eigenvalue weighted by molar-refractivity contribution is -0.147. The predicted molar refractivity (Wildman–Crippen MR) is 140 cm³/mol. The van der Waals surface area contributed by atoms with Crippen molar-refractivity contribution < 1.29 is 27.4 Å². The van der Waals surface area contributed by atoms with Gasteiger partial charge in [-0.3, -0.25) is 4.79 Å². The molecule has 0 heterocycles. The molecule has 2 rings (SSSR count). The van der Waals surface area contributed by atoms with E-state index in [1.807, 2.05) is 0 Å². The zero-order valence-corrected chi connectivity index (χ0v) is 22.7. The highest BCUT2D eigenvalue weighted by molar-refractivity contribution is 7.84. The van der Waals surface area contributed by atoms with Crippen molar-refractivity contribution in [1.82, 2.24) is 5.09 Å². The van der Waals surface area contributed by atoms with Crippen molar-refractivity contribution in [3.63, 3.8) is 0 Å². The molecule has 1 unspecified atom stereocenters. The van der Waals surface area contributed by atoms with Crippen LogP contribution in [0.2, 0.25) is 0 Å². The fourth-order valence-electron chi connectivity index (χ4n) is 3.95. The lowest BCUT2D eigenvalue weighted by atomic mass is 9.96. The number of rotatable bonds is 17. The number of para-hydroxylation sites is 1. The number of hydrogen-bond donors (Lipinski definition) is 1. The van der Waals surface area contributed by atoms with Crippen LogP contribution in [-0.4, -0.2) is 18.6 Å². The van der Waals surface area contributed by atoms with Crippen LogP contribution in [0.4, 0.5) is 8.78 Å². The van der Waals surface area contributed by atoms with Gasteiger partial charge in [-0.25, -0.2) is 18.4 Å². The van der Waals surface area contributed by atoms with E-state index in [2.05, 4.69) is 18.9 Å². The number of benzene rings is 2. The monoisotopic (exact) mass is 543 g/mol. The molecule has 0 saturated carbocycles. The van der Waals surface area contributed by atoms with E-state index in [0.717, 1.165) is 69.6 Å². The molecule has 9 heteroatoms. The Labute approximate surface area is 218 Å². The Kier molecular flexibility index (Phi) is 13.5. The van der Waals surface area contributed by atoms with E-state index in [0.29, 0.717) is 0 Å². The van der Waals surface area contributed by atoms with Crippen LogP contribution in [0.15, 0.2) is 48.5 Å². The molecule has 0 fully saturated rings. The molecule has 200 valence electrons. The Morgan fingerprint density at radius 3 is 2.11 bits per heavy atom. The summed E-state index contributed by atoms with van der Waals surface area (Å²) in [4.78, 5) is 13.1. The molecule has 0 amide bonds. The quantitative estimate of drug-likeness (QED) is 0.124. The van der Waals surface area contributed by atoms with Crippen LogP contribution in [-0.2, 0) is 20.5 Å². The Bertz CT molecular complexity index is 949. The minimum atomic E-state index is -4.04. The molecule has 0 aliphatic rings. The van der Waals surface area contributed by atoms with Gasteiger partial charge in [-0.05, 0) is 55.0 Å². The topological polar surface area (TPSA) is 64.6 Å². The molecule has 0 spiro atoms. The van der Waals surface area contributed by atoms with Crippen molar-refractivity contribution in [3.8, 4) is 5.75 Å². The maximum Gasteiger partial charge on any atom is 0.409 e. The Morgan fingerprint density at radius 2 is 1.56 bits per heavy atom. The van der Waals surface area contributed by atoms with E-state index < -0.39 is 30.5 Å². The molecule has 0 bridgehead atoms. The lowest BCUT2D eigenvalue weighted by Crippen LogP contribution is -2.38. The molecular weight excluding hydrogens is 507 g/mol. The second-order valence-corrected chi connectivity index (χ2v) is 11.8. The highest BCUT2D eigenvalue weighted by Gasteiger charge is 2.32. The summed E-state index contributed by atoms with van der Waals surface area (Å²) >= 11 is 6.14. The summed E-state index contributed by atoms with van der Waals surface area (Å²) in [5.41, 5.74) is 0.195. The first-order valence-electron chi connectivity index (χ1n) is 12.7. The maximum absolute atomic E-state index is 13.8. The highest BCUT2D eigenvalue weighted by Crippen LogP contribution is 2.48. The summed E-state index contributed by atoms with van der Waals surface area (Å²) < 4.78 is 51.5. The molecule has 0 saturated heterocycles. The largest absolute Gasteiger partial charge is 0.464 e. The normalized spacial score (nSPS) is 13.8. The Hall–Kier alpha value is -1.95. The van der Waals surface area contributed by atoms with Gasteiger partial charge in [0.2, 0.25) is 0 Å². The summed E-state index contributed by atoms with van der Waals surface area (Å²) in [6.07, 6.45) is 8.24. The van der Waals surface area contributed by atoms with Crippen molar-refractivity contribution in [2.24, 2.45) is 5.92 Å². The van der Waals surface area contributed by atoms with Gasteiger partial charge in [0.05, 0.1) is 6.61 Å². The van der Waals surface area contributed by atoms with Crippen LogP contribution < -0.4 is 9.61 Å². The lowest BCUT2D eigenvalue weighted by Gasteiger charge is -2.23. The molecule has 5 nitrogen and oxygen atoms in total. The van der Waals surface area contributed by atoms with Crippen LogP contribution in [0, 0.1) is 17.6 Å². The zero-order chi connectivity index (χ0) is 26.4. The van der Waals surface area contributed by atoms with E-state index in [-0.39, 0.29) is 30.3 Å². The van der Waals surface area contributed by atoms with E-state index in [1.54, 1.807) is 30.3 Å². The third-order valence-electron chi connectivity index (χ3n) is 5.82. The predicted octanol–water partition coefficient (Wildman–Crippen LogP) is 8.21. The minimum absolute atomic E-state index is 0.182. The number of nitrogens with one attached hydrogen (secondary N) is 1. The smallest absolute Gasteiger partial charge is 0.409 e. The van der Waals surface area contributed by atoms with Gasteiger partial charge >= 0.3 is 12.8 Å². The number of esters is 1. The van der Waals surface area contributed by atoms with Crippen LogP contribution in [0.1, 0.15) is 70.8 Å². The second kappa shape index (κ2) is 16.0. The van der Waals surface area contributed by atoms with Gasteiger partial charge in [0, 0.05) is 17.3 Å². The Morgan fingerprint density at radius 1 is 0.972 bits per heavy atom. The highest BCUT2D eigenvalue weighted by atomic mass is 35.7. The van der Waals surface area contributed by atoms with Gasteiger partial charge in [0.15, 0.2) is 0 Å². The average Bonchev–Trinajstić information content (AvgIpc) is 2.81. The van der Waals surface area contributed by atoms with Crippen LogP contribution >= 0.6 is 18.1 Å². The molecule has 0 aromatic heterocycles. The first-order chi connectivity index (χ1) is 17.2. The Balaban J connectivity index is 2.13. The summed E-state index contributed by atoms with van der Waals surface area (Å²) in [6.45, 7) is 0.451. The van der Waals surface area contributed by atoms with E-state index >= 15 is 0 Å². The minimum Gasteiger partial charge on any atom is -0.464 e. The van der Waals surface area contributed by atoms with Crippen molar-refractivity contribution in [1.29, 1.82) is 0 Å². The van der Waals surface area contributed by atoms with Crippen LogP contribution in [0.3, 0.4) is 0 Å². The molecule has 0 aliphatic heterocycles. The molecule has 1 N–H and O–H groups in total. The van der Waals surface area contributed by atoms with Gasteiger partial charge in [0.25, 0.3) is 0 Å². The van der Waals surface area contributed by atoms with E-state index in [4.69, 9.17) is 20.5 Å². The number of carbonyl (C=O) groups excluding carboxylic acids is 1. The summed E-state index contributed by atoms with van der Waals surface area (Å²) in [5, 5.41) is 2.54. The van der Waals surface area contributed by atoms with Crippen LogP contribution in [0.25, 0.3) is 0 Å². The molecule has 0 radical (unpaired) electrons. The molecular formula is C27H37ClF2NO4P. The zero-order valence-electron chi connectivity index (χ0n) is 21.1. The van der Waals surface area contributed by atoms with Gasteiger partial charge in [0.1, 0.15) is 23.4 Å². The number of carbonyl (C=O) groups is 1. The summed E-state index contributed by atoms with van der Waals surface area (Å²) in [7, 11) is 0. The van der Waals surface area contributed by atoms with Gasteiger partial charge in [-0.2, -0.15) is 0 Å². The van der Waals surface area contributed by atoms with Gasteiger partial charge in [-0.1, -0.05) is 70.6 Å². The average molecular weight is 544 g/mol. The van der Waals surface area contributed by atoms with Gasteiger partial charge < -0.3 is 9.26 Å². The molecule has 0 aliphatic carbocycles. The van der Waals surface area contributed by atoms with Crippen molar-refractivity contribution >= 4 is 24.1 Å². The van der Waals surface area contributed by atoms with Crippen molar-refractivity contribution in [2.75, 3.05) is 6.61 Å². The third kappa shape index (κ3) is 11.9. The molecule has 2 atom stereocenters. The number of halogens is 3. The first kappa shape index (κ1) is 30.3. The summed E-state index contributed by atoms with van der Waals surface area (Å²) in [5.74, 6) is -1.80. The first-order valence-corrected chi connectivity index (χ1v) is 15.2. The maximum atomic E-state index is 13.8. The molecule has 2 aromatic rings. The SMILES string of the molecule is CCCCCC(CCCCC)COC(=O)[C@H](Cc1cc(F)cc(F)c1)NP(=O)(Cl)Oc1ccccc1. The van der Waals surface area contributed by atoms with Crippen molar-refractivity contribution in [2.45, 2.75) is 77.7 Å². The number of hydrogen-bond acceptors (Lipinski definition) is 4. The van der Waals surface area contributed by atoms with E-state index in [9.17, 15) is 18.1 Å². The molecule has 2 aromatic carbocycles. The number of unbranched alkanes of at least 4 members (excludes halogenated alkanes) is 4. The summed E-state index contributed by atoms with van der Waals surface area (Å²) in [6, 6.07) is 10.0. The van der Waals surface area contributed by atoms with Crippen molar-refractivity contribution in [3.05, 3.63) is 65.7 Å².